The first-order valence-corrected chi connectivity index (χ1v) is 12.0. The van der Waals surface area contributed by atoms with Crippen molar-refractivity contribution in [2.24, 2.45) is 5.73 Å². The largest absolute Gasteiger partial charge is 0.449 e. The summed E-state index contributed by atoms with van der Waals surface area (Å²) in [6.07, 6.45) is 1.12. The molecule has 3 N–H and O–H groups in total. The molecule has 1 aliphatic rings. The second-order valence-corrected chi connectivity index (χ2v) is 8.69. The van der Waals surface area contributed by atoms with Crippen LogP contribution in [-0.4, -0.2) is 46.9 Å². The van der Waals surface area contributed by atoms with Crippen molar-refractivity contribution < 1.29 is 19.1 Å². The molecule has 4 rings (SSSR count). The number of nitrogens with zero attached hydrogens (tertiary/aromatic N) is 2. The zero-order chi connectivity index (χ0) is 24.9. The van der Waals surface area contributed by atoms with E-state index in [1.54, 1.807) is 19.1 Å². The monoisotopic (exact) mass is 474 g/mol. The topological polar surface area (TPSA) is 115 Å². The van der Waals surface area contributed by atoms with E-state index in [1.807, 2.05) is 24.3 Å². The summed E-state index contributed by atoms with van der Waals surface area (Å²) in [5.74, 6) is -1.51. The van der Waals surface area contributed by atoms with Gasteiger partial charge >= 0.3 is 5.97 Å². The van der Waals surface area contributed by atoms with Gasteiger partial charge in [-0.15, -0.1) is 0 Å². The zero-order valence-electron chi connectivity index (χ0n) is 20.0. The van der Waals surface area contributed by atoms with Crippen molar-refractivity contribution in [1.29, 1.82) is 0 Å². The Labute approximate surface area is 204 Å². The van der Waals surface area contributed by atoms with Crippen LogP contribution in [0.3, 0.4) is 0 Å². The number of rotatable bonds is 8. The Hall–Kier alpha value is -3.78. The molecule has 35 heavy (non-hydrogen) atoms. The second-order valence-electron chi connectivity index (χ2n) is 8.69. The lowest BCUT2D eigenvalue weighted by Gasteiger charge is -2.30. The van der Waals surface area contributed by atoms with Gasteiger partial charge in [0.25, 0.3) is 5.91 Å². The number of hydrogen-bond donors (Lipinski definition) is 2. The number of aromatic nitrogens is 1. The van der Waals surface area contributed by atoms with Crippen LogP contribution < -0.4 is 11.1 Å². The Morgan fingerprint density at radius 3 is 2.54 bits per heavy atom. The van der Waals surface area contributed by atoms with Crippen molar-refractivity contribution >= 4 is 34.4 Å². The number of pyridine rings is 1. The van der Waals surface area contributed by atoms with Crippen LogP contribution in [0, 0.1) is 0 Å². The molecule has 1 aromatic heterocycles. The number of ether oxygens (including phenoxy) is 1. The average molecular weight is 475 g/mol. The molecule has 0 aliphatic carbocycles. The van der Waals surface area contributed by atoms with Gasteiger partial charge in [0.2, 0.25) is 5.91 Å². The van der Waals surface area contributed by atoms with Crippen molar-refractivity contribution in [1.82, 2.24) is 9.88 Å². The Kier molecular flexibility index (Phi) is 7.41. The molecule has 182 valence electrons. The lowest BCUT2D eigenvalue weighted by Crippen LogP contribution is -2.35. The van der Waals surface area contributed by atoms with Gasteiger partial charge in [-0.2, -0.15) is 0 Å². The Morgan fingerprint density at radius 1 is 1.11 bits per heavy atom. The summed E-state index contributed by atoms with van der Waals surface area (Å²) in [6.45, 7) is 6.39. The number of carbonyl (C=O) groups excluding carboxylic acids is 3. The lowest BCUT2D eigenvalue weighted by atomic mass is 9.95. The third kappa shape index (κ3) is 5.33. The number of benzene rings is 2. The maximum absolute atomic E-state index is 13.5. The van der Waals surface area contributed by atoms with E-state index in [-0.39, 0.29) is 0 Å². The maximum atomic E-state index is 13.5. The number of para-hydroxylation sites is 1. The zero-order valence-corrected chi connectivity index (χ0v) is 20.0. The van der Waals surface area contributed by atoms with Gasteiger partial charge in [0.15, 0.2) is 6.10 Å². The normalized spacial score (nSPS) is 14.2. The molecule has 2 amide bonds. The molecule has 0 bridgehead atoms. The number of anilines is 1. The molecule has 1 atom stereocenters. The predicted molar refractivity (Wildman–Crippen MR) is 134 cm³/mol. The predicted octanol–water partition coefficient (Wildman–Crippen LogP) is 3.68. The summed E-state index contributed by atoms with van der Waals surface area (Å²) in [5, 5.41) is 3.48. The highest BCUT2D eigenvalue weighted by Gasteiger charge is 2.29. The summed E-state index contributed by atoms with van der Waals surface area (Å²) in [4.78, 5) is 44.9. The third-order valence-corrected chi connectivity index (χ3v) is 6.22. The number of nitrogens with two attached hydrogens (primary N) is 1. The highest BCUT2D eigenvalue weighted by molar-refractivity contribution is 6.06. The second kappa shape index (κ2) is 10.7. The van der Waals surface area contributed by atoms with Crippen LogP contribution in [0.2, 0.25) is 0 Å². The van der Waals surface area contributed by atoms with Crippen LogP contribution in [0.25, 0.3) is 10.9 Å². The minimum absolute atomic E-state index is 0.310. The van der Waals surface area contributed by atoms with Gasteiger partial charge in [-0.1, -0.05) is 32.0 Å². The van der Waals surface area contributed by atoms with E-state index in [4.69, 9.17) is 15.5 Å². The fraction of sp³-hybridized carbons (Fsp3) is 0.333. The quantitative estimate of drug-likeness (QED) is 0.482. The molecule has 2 aromatic carbocycles. The Bertz CT molecular complexity index is 1260. The average Bonchev–Trinajstić information content (AvgIpc) is 2.86. The van der Waals surface area contributed by atoms with Crippen molar-refractivity contribution in [2.75, 3.05) is 18.4 Å². The van der Waals surface area contributed by atoms with E-state index >= 15 is 0 Å². The first-order valence-electron chi connectivity index (χ1n) is 12.0. The van der Waals surface area contributed by atoms with Crippen LogP contribution in [0.4, 0.5) is 5.69 Å². The molecule has 8 nitrogen and oxygen atoms in total. The van der Waals surface area contributed by atoms with E-state index in [2.05, 4.69) is 17.1 Å². The Morgan fingerprint density at radius 2 is 1.86 bits per heavy atom. The molecule has 0 fully saturated rings. The smallest absolute Gasteiger partial charge is 0.340 e. The number of hydrogen-bond acceptors (Lipinski definition) is 6. The summed E-state index contributed by atoms with van der Waals surface area (Å²) < 4.78 is 5.78. The van der Waals surface area contributed by atoms with Gasteiger partial charge in [0.05, 0.1) is 11.1 Å². The SMILES string of the molecule is CCCN1CCc2nc3ccccc3c(C(=O)OC(CC)C(=O)Nc3ccc(C(N)=O)cc3)c2C1. The lowest BCUT2D eigenvalue weighted by molar-refractivity contribution is -0.124. The van der Waals surface area contributed by atoms with Gasteiger partial charge in [-0.25, -0.2) is 4.79 Å². The molecule has 0 saturated heterocycles. The summed E-state index contributed by atoms with van der Waals surface area (Å²) in [7, 11) is 0. The van der Waals surface area contributed by atoms with Gasteiger partial charge < -0.3 is 15.8 Å². The van der Waals surface area contributed by atoms with E-state index in [0.29, 0.717) is 29.8 Å². The first-order chi connectivity index (χ1) is 16.9. The molecule has 2 heterocycles. The van der Waals surface area contributed by atoms with Gasteiger partial charge in [0, 0.05) is 47.4 Å². The van der Waals surface area contributed by atoms with E-state index in [1.165, 1.54) is 12.1 Å². The molecule has 0 radical (unpaired) electrons. The highest BCUT2D eigenvalue weighted by atomic mass is 16.5. The van der Waals surface area contributed by atoms with Crippen molar-refractivity contribution in [2.45, 2.75) is 45.8 Å². The highest BCUT2D eigenvalue weighted by Crippen LogP contribution is 2.29. The summed E-state index contributed by atoms with van der Waals surface area (Å²) in [6, 6.07) is 13.8. The molecule has 3 aromatic rings. The first kappa shape index (κ1) is 24.3. The minimum atomic E-state index is -0.976. The number of fused-ring (bicyclic) bond motifs is 2. The van der Waals surface area contributed by atoms with Crippen LogP contribution >= 0.6 is 0 Å². The van der Waals surface area contributed by atoms with Crippen molar-refractivity contribution in [3.8, 4) is 0 Å². The molecule has 0 saturated carbocycles. The van der Waals surface area contributed by atoms with Crippen molar-refractivity contribution in [3.05, 3.63) is 70.9 Å². The molecular formula is C27H30N4O4. The molecule has 0 spiro atoms. The van der Waals surface area contributed by atoms with Crippen LogP contribution in [0.5, 0.6) is 0 Å². The van der Waals surface area contributed by atoms with Gasteiger partial charge in [-0.05, 0) is 49.7 Å². The van der Waals surface area contributed by atoms with Crippen LogP contribution in [-0.2, 0) is 22.5 Å². The van der Waals surface area contributed by atoms with Crippen LogP contribution in [0.1, 0.15) is 58.7 Å². The Balaban J connectivity index is 1.59. The fourth-order valence-electron chi connectivity index (χ4n) is 4.44. The fourth-order valence-corrected chi connectivity index (χ4v) is 4.44. The van der Waals surface area contributed by atoms with Crippen molar-refractivity contribution in [3.63, 3.8) is 0 Å². The maximum Gasteiger partial charge on any atom is 0.340 e. The number of primary amides is 1. The van der Waals surface area contributed by atoms with E-state index in [0.717, 1.165) is 48.1 Å². The third-order valence-electron chi connectivity index (χ3n) is 6.22. The number of nitrogens with one attached hydrogen (secondary N) is 1. The summed E-state index contributed by atoms with van der Waals surface area (Å²) >= 11 is 0. The van der Waals surface area contributed by atoms with Gasteiger partial charge in [0.1, 0.15) is 0 Å². The number of carbonyl (C=O) groups is 3. The molecule has 1 aliphatic heterocycles. The summed E-state index contributed by atoms with van der Waals surface area (Å²) in [5.41, 5.74) is 9.12. The minimum Gasteiger partial charge on any atom is -0.449 e. The van der Waals surface area contributed by atoms with Crippen LogP contribution in [0.15, 0.2) is 48.5 Å². The van der Waals surface area contributed by atoms with E-state index < -0.39 is 23.9 Å². The number of esters is 1. The van der Waals surface area contributed by atoms with Gasteiger partial charge in [-0.3, -0.25) is 19.5 Å². The number of amides is 2. The van der Waals surface area contributed by atoms with E-state index in [9.17, 15) is 14.4 Å². The molecule has 8 heteroatoms. The molecule has 1 unspecified atom stereocenters. The standard InChI is InChI=1S/C27H30N4O4/c1-3-14-31-15-13-22-20(16-31)24(19-7-5-6-8-21(19)30-22)27(34)35-23(4-2)26(33)29-18-11-9-17(10-12-18)25(28)32/h5-12,23H,3-4,13-16H2,1-2H3,(H2,28,32)(H,29,33). The molecular weight excluding hydrogens is 444 g/mol.